The van der Waals surface area contributed by atoms with Gasteiger partial charge in [-0.1, -0.05) is 42.8 Å². The number of para-hydroxylation sites is 1. The Hall–Kier alpha value is -2.30. The molecule has 0 aliphatic carbocycles. The monoisotopic (exact) mass is 372 g/mol. The molecule has 3 aromatic rings. The van der Waals surface area contributed by atoms with E-state index < -0.39 is 5.82 Å². The number of ether oxygens (including phenoxy) is 1. The number of nitrogens with one attached hydrogen (secondary N) is 2. The summed E-state index contributed by atoms with van der Waals surface area (Å²) in [7, 11) is 0. The molecule has 26 heavy (non-hydrogen) atoms. The summed E-state index contributed by atoms with van der Waals surface area (Å²) in [6, 6.07) is 14.4. The normalized spacial score (nSPS) is 13.4. The lowest BCUT2D eigenvalue weighted by atomic mass is 10.0. The molecule has 2 aromatic carbocycles. The van der Waals surface area contributed by atoms with E-state index in [2.05, 4.69) is 17.2 Å². The largest absolute Gasteiger partial charge is 0.453 e. The van der Waals surface area contributed by atoms with Crippen molar-refractivity contribution in [3.05, 3.63) is 82.9 Å². The van der Waals surface area contributed by atoms with Gasteiger partial charge in [-0.05, 0) is 43.2 Å². The summed E-state index contributed by atoms with van der Waals surface area (Å²) in [6.45, 7) is 4.08. The highest BCUT2D eigenvalue weighted by atomic mass is 35.5. The molecule has 0 unspecified atom stereocenters. The van der Waals surface area contributed by atoms with Crippen molar-refractivity contribution in [1.82, 2.24) is 10.3 Å². The predicted octanol–water partition coefficient (Wildman–Crippen LogP) is 6.40. The number of benzene rings is 2. The molecule has 3 rings (SSSR count). The van der Waals surface area contributed by atoms with Crippen molar-refractivity contribution in [2.45, 2.75) is 32.4 Å². The standard InChI is InChI=1S/C21H22ClFN2O/c1-3-19(25-14(2)15-11-12-24-13-15)17-9-10-18(22)21(20(17)23)26-16-7-5-4-6-8-16/h4-14,19,24-25H,3H2,1-2H3/t14-,19+/m0/s1. The first-order valence-electron chi connectivity index (χ1n) is 8.69. The van der Waals surface area contributed by atoms with Crippen LogP contribution in [0.5, 0.6) is 11.5 Å². The summed E-state index contributed by atoms with van der Waals surface area (Å²) < 4.78 is 20.9. The van der Waals surface area contributed by atoms with Crippen LogP contribution in [0.15, 0.2) is 60.9 Å². The molecule has 0 bridgehead atoms. The molecule has 5 heteroatoms. The fourth-order valence-electron chi connectivity index (χ4n) is 2.95. The van der Waals surface area contributed by atoms with E-state index in [4.69, 9.17) is 16.3 Å². The minimum atomic E-state index is -0.429. The van der Waals surface area contributed by atoms with Crippen molar-refractivity contribution in [3.63, 3.8) is 0 Å². The Bertz CT molecular complexity index is 837. The van der Waals surface area contributed by atoms with E-state index >= 15 is 4.39 Å². The lowest BCUT2D eigenvalue weighted by molar-refractivity contribution is 0.410. The Balaban J connectivity index is 1.87. The van der Waals surface area contributed by atoms with Gasteiger partial charge in [-0.3, -0.25) is 0 Å². The summed E-state index contributed by atoms with van der Waals surface area (Å²) in [5.41, 5.74) is 1.67. The van der Waals surface area contributed by atoms with Gasteiger partial charge in [0.1, 0.15) is 5.75 Å². The maximum absolute atomic E-state index is 15.2. The first-order valence-corrected chi connectivity index (χ1v) is 9.07. The zero-order valence-corrected chi connectivity index (χ0v) is 15.6. The van der Waals surface area contributed by atoms with Crippen LogP contribution in [0.25, 0.3) is 0 Å². The molecular weight excluding hydrogens is 351 g/mol. The third-order valence-corrected chi connectivity index (χ3v) is 4.70. The van der Waals surface area contributed by atoms with Gasteiger partial charge in [0.15, 0.2) is 11.6 Å². The fraction of sp³-hybridized carbons (Fsp3) is 0.238. The summed E-state index contributed by atoms with van der Waals surface area (Å²) in [6.07, 6.45) is 4.55. The van der Waals surface area contributed by atoms with E-state index in [1.165, 1.54) is 0 Å². The first-order chi connectivity index (χ1) is 12.6. The Morgan fingerprint density at radius 1 is 1.15 bits per heavy atom. The van der Waals surface area contributed by atoms with Crippen molar-refractivity contribution in [2.24, 2.45) is 0 Å². The SMILES string of the molecule is CC[C@@H](N[C@@H](C)c1cc[nH]c1)c1ccc(Cl)c(Oc2ccccc2)c1F. The van der Waals surface area contributed by atoms with Crippen LogP contribution in [0, 0.1) is 5.82 Å². The molecule has 2 N–H and O–H groups in total. The molecule has 1 aromatic heterocycles. The van der Waals surface area contributed by atoms with Gasteiger partial charge in [-0.2, -0.15) is 0 Å². The van der Waals surface area contributed by atoms with Crippen molar-refractivity contribution < 1.29 is 9.13 Å². The Morgan fingerprint density at radius 3 is 2.58 bits per heavy atom. The molecule has 0 saturated carbocycles. The highest BCUT2D eigenvalue weighted by molar-refractivity contribution is 6.32. The second kappa shape index (κ2) is 8.39. The van der Waals surface area contributed by atoms with Crippen LogP contribution in [-0.4, -0.2) is 4.98 Å². The number of rotatable bonds is 7. The summed E-state index contributed by atoms with van der Waals surface area (Å²) in [5, 5.41) is 3.73. The van der Waals surface area contributed by atoms with Crippen LogP contribution in [0.1, 0.15) is 43.5 Å². The summed E-state index contributed by atoms with van der Waals surface area (Å²) in [5.74, 6) is 0.180. The lowest BCUT2D eigenvalue weighted by Crippen LogP contribution is -2.25. The van der Waals surface area contributed by atoms with Gasteiger partial charge < -0.3 is 15.0 Å². The molecule has 0 aliphatic rings. The number of hydrogen-bond donors (Lipinski definition) is 2. The number of aromatic amines is 1. The number of aromatic nitrogens is 1. The van der Waals surface area contributed by atoms with Crippen molar-refractivity contribution in [2.75, 3.05) is 0 Å². The van der Waals surface area contributed by atoms with Crippen LogP contribution < -0.4 is 10.1 Å². The zero-order valence-electron chi connectivity index (χ0n) is 14.8. The Morgan fingerprint density at radius 2 is 1.92 bits per heavy atom. The molecule has 0 radical (unpaired) electrons. The van der Waals surface area contributed by atoms with E-state index in [0.29, 0.717) is 11.3 Å². The van der Waals surface area contributed by atoms with Gasteiger partial charge in [0, 0.05) is 30.0 Å². The molecule has 2 atom stereocenters. The summed E-state index contributed by atoms with van der Waals surface area (Å²) >= 11 is 6.20. The highest BCUT2D eigenvalue weighted by Gasteiger charge is 2.22. The van der Waals surface area contributed by atoms with E-state index in [1.807, 2.05) is 43.6 Å². The molecule has 0 amide bonds. The van der Waals surface area contributed by atoms with Gasteiger partial charge in [0.2, 0.25) is 0 Å². The molecule has 0 aliphatic heterocycles. The predicted molar refractivity (Wildman–Crippen MR) is 103 cm³/mol. The van der Waals surface area contributed by atoms with Crippen molar-refractivity contribution in [1.29, 1.82) is 0 Å². The zero-order chi connectivity index (χ0) is 18.5. The van der Waals surface area contributed by atoms with E-state index in [-0.39, 0.29) is 22.9 Å². The van der Waals surface area contributed by atoms with Crippen molar-refractivity contribution in [3.8, 4) is 11.5 Å². The summed E-state index contributed by atoms with van der Waals surface area (Å²) in [4.78, 5) is 3.05. The average Bonchev–Trinajstić information content (AvgIpc) is 3.19. The van der Waals surface area contributed by atoms with Crippen LogP contribution in [0.2, 0.25) is 5.02 Å². The van der Waals surface area contributed by atoms with Gasteiger partial charge in [-0.15, -0.1) is 0 Å². The smallest absolute Gasteiger partial charge is 0.181 e. The quantitative estimate of drug-likeness (QED) is 0.503. The average molecular weight is 373 g/mol. The maximum Gasteiger partial charge on any atom is 0.181 e. The molecule has 0 saturated heterocycles. The minimum absolute atomic E-state index is 0.0601. The Kier molecular flexibility index (Phi) is 5.96. The number of halogens is 2. The van der Waals surface area contributed by atoms with Gasteiger partial charge in [-0.25, -0.2) is 4.39 Å². The number of H-pyrrole nitrogens is 1. The highest BCUT2D eigenvalue weighted by Crippen LogP contribution is 2.37. The molecule has 0 fully saturated rings. The molecule has 136 valence electrons. The van der Waals surface area contributed by atoms with Gasteiger partial charge >= 0.3 is 0 Å². The third-order valence-electron chi connectivity index (χ3n) is 4.40. The third kappa shape index (κ3) is 4.09. The topological polar surface area (TPSA) is 37.0 Å². The van der Waals surface area contributed by atoms with Gasteiger partial charge in [0.05, 0.1) is 5.02 Å². The van der Waals surface area contributed by atoms with Gasteiger partial charge in [0.25, 0.3) is 0 Å². The van der Waals surface area contributed by atoms with Crippen LogP contribution in [0.3, 0.4) is 0 Å². The molecule has 3 nitrogen and oxygen atoms in total. The van der Waals surface area contributed by atoms with E-state index in [0.717, 1.165) is 12.0 Å². The van der Waals surface area contributed by atoms with Crippen LogP contribution in [-0.2, 0) is 0 Å². The second-order valence-electron chi connectivity index (χ2n) is 6.19. The molecule has 0 spiro atoms. The minimum Gasteiger partial charge on any atom is -0.453 e. The first kappa shape index (κ1) is 18.5. The molecule has 1 heterocycles. The number of hydrogen-bond acceptors (Lipinski definition) is 2. The lowest BCUT2D eigenvalue weighted by Gasteiger charge is -2.24. The maximum atomic E-state index is 15.2. The van der Waals surface area contributed by atoms with Crippen molar-refractivity contribution >= 4 is 11.6 Å². The second-order valence-corrected chi connectivity index (χ2v) is 6.60. The van der Waals surface area contributed by atoms with E-state index in [9.17, 15) is 0 Å². The van der Waals surface area contributed by atoms with E-state index in [1.54, 1.807) is 24.3 Å². The van der Waals surface area contributed by atoms with Crippen LogP contribution in [0.4, 0.5) is 4.39 Å². The fourth-order valence-corrected chi connectivity index (χ4v) is 3.13. The Labute approximate surface area is 158 Å². The van der Waals surface area contributed by atoms with Crippen LogP contribution >= 0.6 is 11.6 Å². The molecular formula is C21H22ClFN2O.